The van der Waals surface area contributed by atoms with Crippen LogP contribution >= 0.6 is 0 Å². The van der Waals surface area contributed by atoms with Gasteiger partial charge in [0, 0.05) is 39.3 Å². The third kappa shape index (κ3) is 8.01. The number of benzene rings is 6. The summed E-state index contributed by atoms with van der Waals surface area (Å²) in [6, 6.07) is 49.1. The Bertz CT molecular complexity index is 2890. The zero-order chi connectivity index (χ0) is 44.1. The van der Waals surface area contributed by atoms with E-state index in [4.69, 9.17) is 19.9 Å². The predicted octanol–water partition coefficient (Wildman–Crippen LogP) is 15.4. The monoisotopic (exact) mass is 824 g/mol. The molecule has 0 bridgehead atoms. The van der Waals surface area contributed by atoms with Crippen LogP contribution in [0.15, 0.2) is 140 Å². The Kier molecular flexibility index (Phi) is 11.0. The average molecular weight is 825 g/mol. The van der Waals surface area contributed by atoms with Gasteiger partial charge in [-0.2, -0.15) is 0 Å². The lowest BCUT2D eigenvalue weighted by Crippen LogP contribution is -2.23. The maximum Gasteiger partial charge on any atom is 0.166 e. The van der Waals surface area contributed by atoms with E-state index in [2.05, 4.69) is 196 Å². The van der Waals surface area contributed by atoms with Gasteiger partial charge in [0.25, 0.3) is 0 Å². The zero-order valence-electron chi connectivity index (χ0n) is 38.6. The quantitative estimate of drug-likeness (QED) is 0.129. The van der Waals surface area contributed by atoms with E-state index in [-0.39, 0.29) is 16.2 Å². The molecule has 2 heterocycles. The summed E-state index contributed by atoms with van der Waals surface area (Å²) in [5, 5.41) is 2.11. The molecule has 2 aromatic heterocycles. The van der Waals surface area contributed by atoms with Gasteiger partial charge in [0.2, 0.25) is 0 Å². The predicted molar refractivity (Wildman–Crippen MR) is 264 cm³/mol. The second-order valence-electron chi connectivity index (χ2n) is 20.0. The molecule has 0 fully saturated rings. The van der Waals surface area contributed by atoms with Crippen LogP contribution in [0.25, 0.3) is 67.3 Å². The van der Waals surface area contributed by atoms with Gasteiger partial charge in [0.15, 0.2) is 17.5 Å². The van der Waals surface area contributed by atoms with Crippen LogP contribution in [0, 0.1) is 6.92 Å². The van der Waals surface area contributed by atoms with Crippen molar-refractivity contribution in [1.82, 2.24) is 19.9 Å². The van der Waals surface area contributed by atoms with Crippen molar-refractivity contribution in [2.75, 3.05) is 0 Å². The Balaban J connectivity index is 1.17. The van der Waals surface area contributed by atoms with E-state index in [1.807, 2.05) is 6.20 Å². The summed E-state index contributed by atoms with van der Waals surface area (Å²) in [5.41, 5.74) is 16.5. The van der Waals surface area contributed by atoms with Crippen molar-refractivity contribution in [3.63, 3.8) is 0 Å². The summed E-state index contributed by atoms with van der Waals surface area (Å²) in [6.07, 6.45) is 8.12. The van der Waals surface area contributed by atoms with Crippen LogP contribution in [-0.4, -0.2) is 19.9 Å². The number of rotatable bonds is 10. The van der Waals surface area contributed by atoms with E-state index < -0.39 is 0 Å². The molecule has 4 nitrogen and oxygen atoms in total. The van der Waals surface area contributed by atoms with Crippen LogP contribution in [0.3, 0.4) is 0 Å². The lowest BCUT2D eigenvalue weighted by Gasteiger charge is -2.29. The first-order chi connectivity index (χ1) is 30.2. The second-order valence-corrected chi connectivity index (χ2v) is 20.0. The second kappa shape index (κ2) is 16.5. The summed E-state index contributed by atoms with van der Waals surface area (Å²) in [5.74, 6) is 1.88. The highest BCUT2D eigenvalue weighted by Crippen LogP contribution is 2.53. The van der Waals surface area contributed by atoms with E-state index in [9.17, 15) is 0 Å². The average Bonchev–Trinajstić information content (AvgIpc) is 3.54. The molecule has 8 aromatic rings. The van der Waals surface area contributed by atoms with Crippen molar-refractivity contribution in [3.05, 3.63) is 179 Å². The summed E-state index contributed by atoms with van der Waals surface area (Å²) in [7, 11) is 0. The third-order valence-corrected chi connectivity index (χ3v) is 13.3. The molecule has 0 saturated heterocycles. The van der Waals surface area contributed by atoms with E-state index in [0.717, 1.165) is 45.1 Å². The van der Waals surface area contributed by atoms with Gasteiger partial charge in [-0.25, -0.2) is 15.0 Å². The van der Waals surface area contributed by atoms with Gasteiger partial charge in [-0.3, -0.25) is 4.98 Å². The highest BCUT2D eigenvalue weighted by Gasteiger charge is 2.41. The number of nitrogens with zero attached hydrogens (tertiary/aromatic N) is 4. The molecular formula is C59H60N4. The number of fused-ring (bicyclic) bond motifs is 4. The Morgan fingerprint density at radius 3 is 1.71 bits per heavy atom. The number of hydrogen-bond donors (Lipinski definition) is 0. The first-order valence-corrected chi connectivity index (χ1v) is 22.9. The minimum absolute atomic E-state index is 0.0359. The van der Waals surface area contributed by atoms with Crippen molar-refractivity contribution in [1.29, 1.82) is 0 Å². The Morgan fingerprint density at radius 1 is 0.508 bits per heavy atom. The molecule has 0 N–H and O–H groups in total. The number of hydrogen-bond acceptors (Lipinski definition) is 4. The summed E-state index contributed by atoms with van der Waals surface area (Å²) in [6.45, 7) is 20.4. The molecule has 0 spiro atoms. The van der Waals surface area contributed by atoms with Gasteiger partial charge >= 0.3 is 0 Å². The van der Waals surface area contributed by atoms with Crippen LogP contribution in [0.5, 0.6) is 0 Å². The molecular weight excluding hydrogens is 765 g/mol. The van der Waals surface area contributed by atoms with Gasteiger partial charge in [-0.05, 0) is 93.5 Å². The van der Waals surface area contributed by atoms with Crippen LogP contribution in [0.4, 0.5) is 0 Å². The Morgan fingerprint density at radius 2 is 1.08 bits per heavy atom. The SMILES string of the molecule is CCCCCCc1cc(C)cc(C2(C)c3ccccc3-c3ccc(-c4ncc(-c5nc(-c6ccc(C(C)(C)C)cc6)nc(-c6ccc(C(C)(C)C)cc6)n5)c5ccccc45)cc32)c1. The van der Waals surface area contributed by atoms with Crippen molar-refractivity contribution in [2.45, 2.75) is 111 Å². The molecule has 4 heteroatoms. The maximum absolute atomic E-state index is 5.31. The van der Waals surface area contributed by atoms with Crippen molar-refractivity contribution < 1.29 is 0 Å². The van der Waals surface area contributed by atoms with E-state index in [1.54, 1.807) is 0 Å². The lowest BCUT2D eigenvalue weighted by atomic mass is 9.73. The molecule has 1 unspecified atom stereocenters. The molecule has 9 rings (SSSR count). The van der Waals surface area contributed by atoms with Gasteiger partial charge in [-0.15, -0.1) is 0 Å². The molecule has 0 saturated carbocycles. The molecule has 1 atom stereocenters. The normalized spacial score (nSPS) is 14.8. The minimum atomic E-state index is -0.324. The number of aryl methyl sites for hydroxylation is 2. The fourth-order valence-electron chi connectivity index (χ4n) is 9.60. The van der Waals surface area contributed by atoms with E-state index >= 15 is 0 Å². The van der Waals surface area contributed by atoms with E-state index in [1.165, 1.54) is 75.8 Å². The van der Waals surface area contributed by atoms with Crippen molar-refractivity contribution in [2.24, 2.45) is 0 Å². The number of pyridine rings is 1. The zero-order valence-corrected chi connectivity index (χ0v) is 38.6. The van der Waals surface area contributed by atoms with Crippen LogP contribution in [0.2, 0.25) is 0 Å². The fourth-order valence-corrected chi connectivity index (χ4v) is 9.60. The minimum Gasteiger partial charge on any atom is -0.255 e. The van der Waals surface area contributed by atoms with Gasteiger partial charge < -0.3 is 0 Å². The fraction of sp³-hybridized carbons (Fsp3) is 0.288. The van der Waals surface area contributed by atoms with Gasteiger partial charge in [0.05, 0.1) is 5.69 Å². The highest BCUT2D eigenvalue weighted by atomic mass is 15.0. The molecule has 0 aliphatic heterocycles. The van der Waals surface area contributed by atoms with E-state index in [0.29, 0.717) is 17.5 Å². The molecule has 6 aromatic carbocycles. The van der Waals surface area contributed by atoms with Crippen molar-refractivity contribution in [3.8, 4) is 56.5 Å². The Labute approximate surface area is 375 Å². The topological polar surface area (TPSA) is 51.6 Å². The maximum atomic E-state index is 5.31. The first kappa shape index (κ1) is 42.1. The largest absolute Gasteiger partial charge is 0.255 e. The smallest absolute Gasteiger partial charge is 0.166 e. The van der Waals surface area contributed by atoms with Gasteiger partial charge in [0.1, 0.15) is 0 Å². The highest BCUT2D eigenvalue weighted by molar-refractivity contribution is 6.03. The van der Waals surface area contributed by atoms with Crippen LogP contribution < -0.4 is 0 Å². The molecule has 0 radical (unpaired) electrons. The summed E-state index contributed by atoms with van der Waals surface area (Å²) >= 11 is 0. The molecule has 316 valence electrons. The Hall–Kier alpha value is -6.26. The summed E-state index contributed by atoms with van der Waals surface area (Å²) < 4.78 is 0. The number of aromatic nitrogens is 4. The van der Waals surface area contributed by atoms with Crippen LogP contribution in [0.1, 0.15) is 120 Å². The third-order valence-electron chi connectivity index (χ3n) is 13.3. The van der Waals surface area contributed by atoms with Gasteiger partial charge in [-0.1, -0.05) is 201 Å². The molecule has 0 amide bonds. The summed E-state index contributed by atoms with van der Waals surface area (Å²) in [4.78, 5) is 20.8. The molecule has 1 aliphatic rings. The van der Waals surface area contributed by atoms with Crippen LogP contribution in [-0.2, 0) is 22.7 Å². The first-order valence-electron chi connectivity index (χ1n) is 22.9. The van der Waals surface area contributed by atoms with Crippen molar-refractivity contribution >= 4 is 10.8 Å². The molecule has 63 heavy (non-hydrogen) atoms. The number of unbranched alkanes of at least 4 members (excludes halogenated alkanes) is 3. The lowest BCUT2D eigenvalue weighted by molar-refractivity contribution is 0.590. The standard InChI is InChI=1S/C59H60N4/c1-10-11-12-13-18-39-33-38(2)34-45(35-39)59(9)51-22-17-16-20-47(51)48-32-27-42(36-52(48)59)53-49-21-15-14-19-46(49)50(37-60-53)56-62-54(40-23-28-43(29-24-40)57(3,4)5)61-55(63-56)41-25-30-44(31-26-41)58(6,7)8/h14-17,19-37H,10-13,18H2,1-9H3. The molecule has 1 aliphatic carbocycles.